The molecule has 0 aliphatic carbocycles. The van der Waals surface area contributed by atoms with E-state index >= 15 is 0 Å². The molecule has 0 aromatic rings. The first kappa shape index (κ1) is 36.0. The van der Waals surface area contributed by atoms with Gasteiger partial charge in [-0.1, -0.05) is 0 Å². The molecule has 0 aromatic heterocycles. The smallest absolute Gasteiger partial charge is 0.894 e. The van der Waals surface area contributed by atoms with Crippen molar-refractivity contribution in [2.24, 2.45) is 0 Å². The summed E-state index contributed by atoms with van der Waals surface area (Å²) in [5.41, 5.74) is 0. The first-order chi connectivity index (χ1) is 3.73. The second kappa shape index (κ2) is 21.3. The average molecular weight is 244 g/mol. The molecular formula is C3H8Na4O5Si. The Morgan fingerprint density at radius 1 is 0.846 bits per heavy atom. The van der Waals surface area contributed by atoms with Gasteiger partial charge in [-0.3, -0.25) is 0 Å². The summed E-state index contributed by atoms with van der Waals surface area (Å²) in [4.78, 5) is 34.3. The summed E-state index contributed by atoms with van der Waals surface area (Å²) in [5, 5.41) is 8.06. The van der Waals surface area contributed by atoms with Crippen LogP contribution in [0.2, 0.25) is 0 Å². The van der Waals surface area contributed by atoms with Gasteiger partial charge in [0.15, 0.2) is 0 Å². The Kier molecular flexibility index (Phi) is 59.0. The fourth-order valence-corrected chi connectivity index (χ4v) is 0. The Hall–Kier alpha value is 4.02. The van der Waals surface area contributed by atoms with E-state index in [0.29, 0.717) is 0 Å². The zero-order valence-corrected chi connectivity index (χ0v) is 18.2. The van der Waals surface area contributed by atoms with E-state index in [-0.39, 0.29) is 124 Å². The zero-order valence-electron chi connectivity index (χ0n) is 9.16. The summed E-state index contributed by atoms with van der Waals surface area (Å²) in [5.74, 6) is 0. The predicted molar refractivity (Wildman–Crippen MR) is 23.1 cm³/mol. The largest absolute Gasteiger partial charge is 1.00 e. The van der Waals surface area contributed by atoms with Crippen molar-refractivity contribution in [3.05, 3.63) is 0 Å². The zero-order chi connectivity index (χ0) is 8.08. The Balaban J connectivity index is -0.0000000146. The maximum atomic E-state index is 8.58. The van der Waals surface area contributed by atoms with Crippen molar-refractivity contribution in [1.29, 1.82) is 0 Å². The minimum atomic E-state index is -5.61. The molecule has 0 fully saturated rings. The molecule has 0 aromatic carbocycles. The van der Waals surface area contributed by atoms with Gasteiger partial charge in [0, 0.05) is 6.10 Å². The fraction of sp³-hybridized carbons (Fsp3) is 1.00. The van der Waals surface area contributed by atoms with Crippen LogP contribution in [-0.4, -0.2) is 20.3 Å². The van der Waals surface area contributed by atoms with Gasteiger partial charge in [-0.25, -0.2) is 0 Å². The third-order valence-corrected chi connectivity index (χ3v) is 0. The number of rotatable bonds is 0. The van der Waals surface area contributed by atoms with Crippen molar-refractivity contribution in [3.8, 4) is 0 Å². The normalized spacial score (nSPS) is 7.38. The van der Waals surface area contributed by atoms with Crippen LogP contribution in [0.25, 0.3) is 0 Å². The minimum absolute atomic E-state index is 0. The van der Waals surface area contributed by atoms with Crippen LogP contribution in [-0.2, 0) is 0 Å². The van der Waals surface area contributed by atoms with E-state index in [1.54, 1.807) is 13.8 Å². The molecule has 0 radical (unpaired) electrons. The van der Waals surface area contributed by atoms with Gasteiger partial charge in [0.05, 0.1) is 0 Å². The number of aliphatic hydroxyl groups is 1. The maximum absolute atomic E-state index is 8.58. The van der Waals surface area contributed by atoms with Crippen LogP contribution in [0.15, 0.2) is 0 Å². The summed E-state index contributed by atoms with van der Waals surface area (Å²) < 4.78 is 0. The van der Waals surface area contributed by atoms with Gasteiger partial charge in [-0.2, -0.15) is 0 Å². The van der Waals surface area contributed by atoms with Crippen molar-refractivity contribution in [1.82, 2.24) is 0 Å². The maximum Gasteiger partial charge on any atom is 1.00 e. The number of hydrogen-bond donors (Lipinski definition) is 1. The van der Waals surface area contributed by atoms with E-state index in [9.17, 15) is 0 Å². The van der Waals surface area contributed by atoms with E-state index < -0.39 is 9.05 Å². The fourth-order valence-electron chi connectivity index (χ4n) is 0. The predicted octanol–water partition coefficient (Wildman–Crippen LogP) is -16.7. The molecule has 0 aliphatic heterocycles. The molecule has 10 heteroatoms. The summed E-state index contributed by atoms with van der Waals surface area (Å²) in [7, 11) is -5.61. The molecule has 0 bridgehead atoms. The summed E-state index contributed by atoms with van der Waals surface area (Å²) in [6, 6.07) is 0. The van der Waals surface area contributed by atoms with Crippen LogP contribution >= 0.6 is 0 Å². The standard InChI is InChI=1S/C3H8O.4Na.O4Si/c1-3(2)4;;;;;1-5(2,3)4/h3-4H,1-2H3;;;;;/q;4*+1;-4. The van der Waals surface area contributed by atoms with Crippen molar-refractivity contribution < 1.29 is 143 Å². The van der Waals surface area contributed by atoms with Gasteiger partial charge in [0.1, 0.15) is 0 Å². The van der Waals surface area contributed by atoms with Gasteiger partial charge < -0.3 is 33.3 Å². The van der Waals surface area contributed by atoms with Crippen LogP contribution in [0.4, 0.5) is 0 Å². The van der Waals surface area contributed by atoms with E-state index in [1.165, 1.54) is 0 Å². The van der Waals surface area contributed by atoms with Crippen LogP contribution in [0.1, 0.15) is 13.8 Å². The Morgan fingerprint density at radius 2 is 0.846 bits per heavy atom. The minimum Gasteiger partial charge on any atom is -0.894 e. The van der Waals surface area contributed by atoms with E-state index in [2.05, 4.69) is 0 Å². The van der Waals surface area contributed by atoms with E-state index in [0.717, 1.165) is 0 Å². The van der Waals surface area contributed by atoms with Crippen molar-refractivity contribution in [2.75, 3.05) is 0 Å². The van der Waals surface area contributed by atoms with Gasteiger partial charge in [-0.15, -0.1) is 0 Å². The molecule has 0 unspecified atom stereocenters. The second-order valence-corrected chi connectivity index (χ2v) is 2.59. The molecule has 0 heterocycles. The molecule has 0 saturated heterocycles. The molecule has 0 amide bonds. The number of aliphatic hydroxyl groups excluding tert-OH is 1. The van der Waals surface area contributed by atoms with Crippen molar-refractivity contribution in [2.45, 2.75) is 20.0 Å². The van der Waals surface area contributed by atoms with Crippen LogP contribution in [0, 0.1) is 0 Å². The van der Waals surface area contributed by atoms with Crippen molar-refractivity contribution >= 4 is 9.05 Å². The molecule has 0 spiro atoms. The number of hydrogen-bond acceptors (Lipinski definition) is 5. The van der Waals surface area contributed by atoms with E-state index in [1.807, 2.05) is 0 Å². The van der Waals surface area contributed by atoms with Crippen LogP contribution < -0.4 is 137 Å². The molecule has 13 heavy (non-hydrogen) atoms. The molecule has 0 atom stereocenters. The summed E-state index contributed by atoms with van der Waals surface area (Å²) in [6.45, 7) is 3.44. The quantitative estimate of drug-likeness (QED) is 0.425. The van der Waals surface area contributed by atoms with Gasteiger partial charge in [-0.05, 0) is 13.8 Å². The van der Waals surface area contributed by atoms with Gasteiger partial charge in [0.25, 0.3) is 0 Å². The van der Waals surface area contributed by atoms with Crippen molar-refractivity contribution in [3.63, 3.8) is 0 Å². The first-order valence-corrected chi connectivity index (χ1v) is 3.86. The molecule has 0 aliphatic rings. The Morgan fingerprint density at radius 3 is 0.846 bits per heavy atom. The van der Waals surface area contributed by atoms with Crippen LogP contribution in [0.3, 0.4) is 0 Å². The van der Waals surface area contributed by atoms with E-state index in [4.69, 9.17) is 24.3 Å². The molecule has 0 rings (SSSR count). The average Bonchev–Trinajstić information content (AvgIpc) is 1.19. The van der Waals surface area contributed by atoms with Gasteiger partial charge in [0.2, 0.25) is 0 Å². The summed E-state index contributed by atoms with van der Waals surface area (Å²) >= 11 is 0. The third kappa shape index (κ3) is 195. The molecule has 5 nitrogen and oxygen atoms in total. The van der Waals surface area contributed by atoms with Gasteiger partial charge >= 0.3 is 118 Å². The monoisotopic (exact) mass is 244 g/mol. The second-order valence-electron chi connectivity index (χ2n) is 1.59. The molecular weight excluding hydrogens is 236 g/mol. The van der Waals surface area contributed by atoms with Crippen LogP contribution in [0.5, 0.6) is 0 Å². The summed E-state index contributed by atoms with van der Waals surface area (Å²) in [6.07, 6.45) is -0.167. The third-order valence-electron chi connectivity index (χ3n) is 0. The molecule has 58 valence electrons. The molecule has 0 saturated carbocycles. The Labute approximate surface area is 168 Å². The topological polar surface area (TPSA) is 112 Å². The first-order valence-electron chi connectivity index (χ1n) is 2.23. The Bertz CT molecular complexity index is 60.5. The SMILES string of the molecule is CC(C)O.[Na+].[Na+].[Na+].[Na+].[O-][Si]([O-])([O-])[O-]. The molecule has 1 N–H and O–H groups in total.